The van der Waals surface area contributed by atoms with Crippen molar-refractivity contribution in [2.24, 2.45) is 0 Å². The van der Waals surface area contributed by atoms with Crippen LogP contribution in [0.1, 0.15) is 37.9 Å². The highest BCUT2D eigenvalue weighted by atomic mass is 14.9. The molecule has 20 heavy (non-hydrogen) atoms. The molecular weight excluding hydrogens is 244 g/mol. The number of nitriles is 1. The zero-order valence-corrected chi connectivity index (χ0v) is 12.2. The van der Waals surface area contributed by atoms with Gasteiger partial charge in [-0.25, -0.2) is 0 Å². The lowest BCUT2D eigenvalue weighted by atomic mass is 9.86. The highest BCUT2D eigenvalue weighted by Gasteiger charge is 2.19. The first-order valence-corrected chi connectivity index (χ1v) is 6.86. The zero-order chi connectivity index (χ0) is 14.6. The van der Waals surface area contributed by atoms with Crippen LogP contribution in [-0.4, -0.2) is 0 Å². The fraction of sp³-hybridized carbons (Fsp3) is 0.278. The van der Waals surface area contributed by atoms with Gasteiger partial charge in [0.2, 0.25) is 0 Å². The minimum Gasteiger partial charge on any atom is -0.379 e. The van der Waals surface area contributed by atoms with Gasteiger partial charge in [-0.05, 0) is 44.0 Å². The van der Waals surface area contributed by atoms with Crippen LogP contribution in [0, 0.1) is 11.3 Å². The first-order chi connectivity index (χ1) is 9.53. The molecule has 0 fully saturated rings. The SMILES string of the molecule is CC(Nc1ccc(C(C)(C)C#N)cc1)c1ccccc1. The largest absolute Gasteiger partial charge is 0.379 e. The third-order valence-corrected chi connectivity index (χ3v) is 3.57. The molecule has 0 bridgehead atoms. The summed E-state index contributed by atoms with van der Waals surface area (Å²) < 4.78 is 0. The van der Waals surface area contributed by atoms with E-state index in [1.165, 1.54) is 5.56 Å². The van der Waals surface area contributed by atoms with Gasteiger partial charge < -0.3 is 5.32 Å². The van der Waals surface area contributed by atoms with Crippen molar-refractivity contribution in [2.75, 3.05) is 5.32 Å². The van der Waals surface area contributed by atoms with Crippen LogP contribution in [0.4, 0.5) is 5.69 Å². The summed E-state index contributed by atoms with van der Waals surface area (Å²) in [5.74, 6) is 0. The molecule has 102 valence electrons. The molecule has 1 N–H and O–H groups in total. The van der Waals surface area contributed by atoms with Gasteiger partial charge in [0, 0.05) is 11.7 Å². The minimum absolute atomic E-state index is 0.256. The molecule has 0 spiro atoms. The second-order valence-corrected chi connectivity index (χ2v) is 5.59. The Labute approximate surface area is 121 Å². The molecule has 2 rings (SSSR count). The Morgan fingerprint density at radius 2 is 1.60 bits per heavy atom. The van der Waals surface area contributed by atoms with Crippen molar-refractivity contribution in [3.63, 3.8) is 0 Å². The number of nitrogens with one attached hydrogen (secondary N) is 1. The van der Waals surface area contributed by atoms with Crippen LogP contribution >= 0.6 is 0 Å². The van der Waals surface area contributed by atoms with Gasteiger partial charge in [-0.2, -0.15) is 5.26 Å². The lowest BCUT2D eigenvalue weighted by Gasteiger charge is -2.18. The summed E-state index contributed by atoms with van der Waals surface area (Å²) in [5.41, 5.74) is 2.93. The van der Waals surface area contributed by atoms with E-state index in [1.54, 1.807) is 0 Å². The van der Waals surface area contributed by atoms with E-state index < -0.39 is 5.41 Å². The lowest BCUT2D eigenvalue weighted by Crippen LogP contribution is -2.13. The van der Waals surface area contributed by atoms with Crippen LogP contribution in [0.15, 0.2) is 54.6 Å². The fourth-order valence-electron chi connectivity index (χ4n) is 2.12. The van der Waals surface area contributed by atoms with E-state index in [9.17, 15) is 0 Å². The smallest absolute Gasteiger partial charge is 0.0766 e. The van der Waals surface area contributed by atoms with Crippen molar-refractivity contribution in [2.45, 2.75) is 32.2 Å². The second kappa shape index (κ2) is 5.79. The molecule has 2 aromatic rings. The molecule has 0 saturated heterocycles. The summed E-state index contributed by atoms with van der Waals surface area (Å²) >= 11 is 0. The van der Waals surface area contributed by atoms with E-state index in [4.69, 9.17) is 5.26 Å². The molecule has 0 aromatic heterocycles. The first kappa shape index (κ1) is 14.1. The number of rotatable bonds is 4. The number of nitrogens with zero attached hydrogens (tertiary/aromatic N) is 1. The fourth-order valence-corrected chi connectivity index (χ4v) is 2.12. The summed E-state index contributed by atoms with van der Waals surface area (Å²) in [7, 11) is 0. The minimum atomic E-state index is -0.441. The number of anilines is 1. The van der Waals surface area contributed by atoms with Crippen LogP contribution in [0.3, 0.4) is 0 Å². The molecule has 1 unspecified atom stereocenters. The van der Waals surface area contributed by atoms with Crippen LogP contribution in [0.25, 0.3) is 0 Å². The summed E-state index contributed by atoms with van der Waals surface area (Å²) in [6, 6.07) is 21.0. The van der Waals surface area contributed by atoms with Gasteiger partial charge >= 0.3 is 0 Å². The quantitative estimate of drug-likeness (QED) is 0.871. The molecule has 2 aromatic carbocycles. The third kappa shape index (κ3) is 3.19. The van der Waals surface area contributed by atoms with E-state index in [0.29, 0.717) is 0 Å². The van der Waals surface area contributed by atoms with Gasteiger partial charge in [-0.15, -0.1) is 0 Å². The van der Waals surface area contributed by atoms with E-state index in [0.717, 1.165) is 11.3 Å². The van der Waals surface area contributed by atoms with E-state index in [1.807, 2.05) is 56.3 Å². The van der Waals surface area contributed by atoms with Crippen molar-refractivity contribution in [3.05, 3.63) is 65.7 Å². The van der Waals surface area contributed by atoms with Gasteiger partial charge in [0.1, 0.15) is 0 Å². The van der Waals surface area contributed by atoms with E-state index in [-0.39, 0.29) is 6.04 Å². The maximum atomic E-state index is 9.15. The Morgan fingerprint density at radius 3 is 2.15 bits per heavy atom. The molecule has 0 saturated carbocycles. The number of hydrogen-bond acceptors (Lipinski definition) is 2. The molecule has 2 nitrogen and oxygen atoms in total. The van der Waals surface area contributed by atoms with Crippen molar-refractivity contribution in [1.82, 2.24) is 0 Å². The second-order valence-electron chi connectivity index (χ2n) is 5.59. The summed E-state index contributed by atoms with van der Waals surface area (Å²) in [5, 5.41) is 12.6. The predicted octanol–water partition coefficient (Wildman–Crippen LogP) is 4.66. The van der Waals surface area contributed by atoms with Crippen LogP contribution in [-0.2, 0) is 5.41 Å². The Bertz CT molecular complexity index is 592. The van der Waals surface area contributed by atoms with E-state index in [2.05, 4.69) is 30.4 Å². The highest BCUT2D eigenvalue weighted by Crippen LogP contribution is 2.25. The maximum Gasteiger partial charge on any atom is 0.0766 e. The van der Waals surface area contributed by atoms with Crippen molar-refractivity contribution in [3.8, 4) is 6.07 Å². The Kier molecular flexibility index (Phi) is 4.10. The van der Waals surface area contributed by atoms with Crippen molar-refractivity contribution < 1.29 is 0 Å². The third-order valence-electron chi connectivity index (χ3n) is 3.57. The van der Waals surface area contributed by atoms with Crippen LogP contribution < -0.4 is 5.32 Å². The van der Waals surface area contributed by atoms with Gasteiger partial charge in [-0.3, -0.25) is 0 Å². The number of benzene rings is 2. The Morgan fingerprint density at radius 1 is 1.00 bits per heavy atom. The molecule has 2 heteroatoms. The monoisotopic (exact) mass is 264 g/mol. The van der Waals surface area contributed by atoms with Gasteiger partial charge in [0.15, 0.2) is 0 Å². The Hall–Kier alpha value is -2.27. The van der Waals surface area contributed by atoms with Crippen molar-refractivity contribution in [1.29, 1.82) is 5.26 Å². The highest BCUT2D eigenvalue weighted by molar-refractivity contribution is 5.48. The van der Waals surface area contributed by atoms with Gasteiger partial charge in [0.05, 0.1) is 11.5 Å². The maximum absolute atomic E-state index is 9.15. The molecule has 0 radical (unpaired) electrons. The van der Waals surface area contributed by atoms with Gasteiger partial charge in [-0.1, -0.05) is 42.5 Å². The van der Waals surface area contributed by atoms with Gasteiger partial charge in [0.25, 0.3) is 0 Å². The standard InChI is InChI=1S/C18H20N2/c1-14(15-7-5-4-6-8-15)20-17-11-9-16(10-12-17)18(2,3)13-19/h4-12,14,20H,1-3H3. The lowest BCUT2D eigenvalue weighted by molar-refractivity contribution is 0.687. The zero-order valence-electron chi connectivity index (χ0n) is 12.2. The molecule has 1 atom stereocenters. The molecule has 0 amide bonds. The molecule has 0 aliphatic carbocycles. The topological polar surface area (TPSA) is 35.8 Å². The number of hydrogen-bond donors (Lipinski definition) is 1. The Balaban J connectivity index is 2.10. The molecule has 0 aliphatic rings. The molecule has 0 aliphatic heterocycles. The summed E-state index contributed by atoms with van der Waals surface area (Å²) in [6.07, 6.45) is 0. The van der Waals surface area contributed by atoms with Crippen LogP contribution in [0.5, 0.6) is 0 Å². The first-order valence-electron chi connectivity index (χ1n) is 6.86. The van der Waals surface area contributed by atoms with Crippen LogP contribution in [0.2, 0.25) is 0 Å². The average molecular weight is 264 g/mol. The predicted molar refractivity (Wildman–Crippen MR) is 83.6 cm³/mol. The van der Waals surface area contributed by atoms with Crippen molar-refractivity contribution >= 4 is 5.69 Å². The molecule has 0 heterocycles. The molecular formula is C18H20N2. The average Bonchev–Trinajstić information content (AvgIpc) is 2.48. The summed E-state index contributed by atoms with van der Waals surface area (Å²) in [4.78, 5) is 0. The normalized spacial score (nSPS) is 12.5. The summed E-state index contributed by atoms with van der Waals surface area (Å²) in [6.45, 7) is 6.01. The van der Waals surface area contributed by atoms with E-state index >= 15 is 0 Å².